The number of rotatable bonds is 5. The van der Waals surface area contributed by atoms with Crippen molar-refractivity contribution in [1.82, 2.24) is 0 Å². The molecule has 1 atom stereocenters. The number of hydrogen-bond donors (Lipinski definition) is 0. The Balaban J connectivity index is 1.61. The average molecular weight is 409 g/mol. The van der Waals surface area contributed by atoms with Gasteiger partial charge in [-0.15, -0.1) is 0 Å². The second kappa shape index (κ2) is 7.77. The van der Waals surface area contributed by atoms with Crippen LogP contribution in [0.15, 0.2) is 84.9 Å². The molecular weight excluding hydrogens is 387 g/mol. The summed E-state index contributed by atoms with van der Waals surface area (Å²) in [5.41, 5.74) is 3.55. The molecule has 0 amide bonds. The molecule has 4 rings (SSSR count). The van der Waals surface area contributed by atoms with Crippen LogP contribution in [0.5, 0.6) is 0 Å². The van der Waals surface area contributed by atoms with Crippen LogP contribution in [0.3, 0.4) is 0 Å². The molecule has 1 unspecified atom stereocenters. The maximum absolute atomic E-state index is 6.20. The summed E-state index contributed by atoms with van der Waals surface area (Å²) in [7, 11) is 0. The zero-order valence-corrected chi connectivity index (χ0v) is 16.5. The average Bonchev–Trinajstić information content (AvgIpc) is 3.21. The molecule has 3 heteroatoms. The van der Waals surface area contributed by atoms with Crippen molar-refractivity contribution in [1.29, 1.82) is 0 Å². The second-order valence-corrected chi connectivity index (χ2v) is 9.35. The van der Waals surface area contributed by atoms with E-state index in [0.29, 0.717) is 13.2 Å². The first-order valence-corrected chi connectivity index (χ1v) is 10.8. The van der Waals surface area contributed by atoms with E-state index in [4.69, 9.17) is 9.47 Å². The van der Waals surface area contributed by atoms with Crippen molar-refractivity contribution in [3.8, 4) is 11.1 Å². The predicted molar refractivity (Wildman–Crippen MR) is 107 cm³/mol. The summed E-state index contributed by atoms with van der Waals surface area (Å²) >= 11 is 0.268. The van der Waals surface area contributed by atoms with Crippen LogP contribution in [-0.2, 0) is 15.3 Å². The van der Waals surface area contributed by atoms with E-state index < -0.39 is 5.79 Å². The minimum atomic E-state index is -0.634. The molecule has 1 saturated heterocycles. The van der Waals surface area contributed by atoms with E-state index in [2.05, 4.69) is 85.8 Å². The number of benzene rings is 3. The summed E-state index contributed by atoms with van der Waals surface area (Å²) in [5.74, 6) is -0.634. The van der Waals surface area contributed by atoms with Crippen LogP contribution >= 0.6 is 0 Å². The Bertz CT molecular complexity index is 825. The van der Waals surface area contributed by atoms with Crippen molar-refractivity contribution in [3.63, 3.8) is 0 Å². The minimum absolute atomic E-state index is 0.268. The van der Waals surface area contributed by atoms with Gasteiger partial charge in [0.15, 0.2) is 0 Å². The van der Waals surface area contributed by atoms with Gasteiger partial charge in [0.25, 0.3) is 0 Å². The molecule has 0 spiro atoms. The molecule has 2 nitrogen and oxygen atoms in total. The molecule has 0 N–H and O–H groups in total. The molecule has 3 aromatic rings. The van der Waals surface area contributed by atoms with Crippen LogP contribution in [0.4, 0.5) is 0 Å². The molecular formula is C23H22O2Se. The van der Waals surface area contributed by atoms with Crippen molar-refractivity contribution in [2.45, 2.75) is 17.5 Å². The van der Waals surface area contributed by atoms with Gasteiger partial charge in [-0.05, 0) is 0 Å². The van der Waals surface area contributed by atoms with Crippen molar-refractivity contribution < 1.29 is 9.47 Å². The van der Waals surface area contributed by atoms with Crippen molar-refractivity contribution in [3.05, 3.63) is 90.5 Å². The van der Waals surface area contributed by atoms with Crippen LogP contribution in [0, 0.1) is 0 Å². The van der Waals surface area contributed by atoms with Gasteiger partial charge in [-0.1, -0.05) is 0 Å². The third-order valence-corrected chi connectivity index (χ3v) is 7.24. The summed E-state index contributed by atoms with van der Waals surface area (Å²) in [4.78, 5) is 0.280. The van der Waals surface area contributed by atoms with Gasteiger partial charge in [0, 0.05) is 0 Å². The molecule has 0 bridgehead atoms. The van der Waals surface area contributed by atoms with Crippen LogP contribution in [0.2, 0.25) is 4.82 Å². The molecule has 26 heavy (non-hydrogen) atoms. The molecule has 1 fully saturated rings. The van der Waals surface area contributed by atoms with Gasteiger partial charge in [0.05, 0.1) is 0 Å². The fourth-order valence-corrected chi connectivity index (χ4v) is 5.78. The zero-order valence-electron chi connectivity index (χ0n) is 14.8. The van der Waals surface area contributed by atoms with Gasteiger partial charge >= 0.3 is 161 Å². The van der Waals surface area contributed by atoms with E-state index in [9.17, 15) is 0 Å². The monoisotopic (exact) mass is 410 g/mol. The Kier molecular flexibility index (Phi) is 5.23. The molecule has 132 valence electrons. The molecule has 1 aliphatic rings. The molecule has 0 aliphatic carbocycles. The summed E-state index contributed by atoms with van der Waals surface area (Å²) in [6, 6.07) is 29.7. The Morgan fingerprint density at radius 2 is 1.27 bits per heavy atom. The van der Waals surface area contributed by atoms with E-state index in [1.54, 1.807) is 0 Å². The zero-order chi connectivity index (χ0) is 17.8. The first kappa shape index (κ1) is 17.5. The SMILES string of the molecule is CC([Se]c1ccccc1)C1(c2ccc(-c3ccccc3)cc2)OCCO1. The first-order chi connectivity index (χ1) is 12.8. The van der Waals surface area contributed by atoms with Crippen LogP contribution in [-0.4, -0.2) is 28.2 Å². The van der Waals surface area contributed by atoms with E-state index >= 15 is 0 Å². The molecule has 0 radical (unpaired) electrons. The first-order valence-electron chi connectivity index (χ1n) is 8.93. The molecule has 1 aliphatic heterocycles. The third-order valence-electron chi connectivity index (χ3n) is 4.70. The van der Waals surface area contributed by atoms with Crippen LogP contribution in [0.25, 0.3) is 11.1 Å². The summed E-state index contributed by atoms with van der Waals surface area (Å²) < 4.78 is 13.8. The molecule has 0 saturated carbocycles. The van der Waals surface area contributed by atoms with Crippen LogP contribution < -0.4 is 4.46 Å². The van der Waals surface area contributed by atoms with Crippen LogP contribution in [0.1, 0.15) is 12.5 Å². The third kappa shape index (κ3) is 3.49. The summed E-state index contributed by atoms with van der Waals surface area (Å²) in [6.45, 7) is 3.54. The predicted octanol–water partition coefficient (Wildman–Crippen LogP) is 4.39. The number of hydrogen-bond acceptors (Lipinski definition) is 2. The van der Waals surface area contributed by atoms with Gasteiger partial charge in [-0.2, -0.15) is 0 Å². The molecule has 3 aromatic carbocycles. The normalized spacial score (nSPS) is 17.1. The quantitative estimate of drug-likeness (QED) is 0.582. The van der Waals surface area contributed by atoms with E-state index in [1.165, 1.54) is 15.6 Å². The Hall–Kier alpha value is -1.90. The van der Waals surface area contributed by atoms with Gasteiger partial charge in [-0.25, -0.2) is 0 Å². The topological polar surface area (TPSA) is 18.5 Å². The molecule has 0 aromatic heterocycles. The molecule has 1 heterocycles. The summed E-state index contributed by atoms with van der Waals surface area (Å²) in [6.07, 6.45) is 0. The van der Waals surface area contributed by atoms with Gasteiger partial charge in [0.1, 0.15) is 0 Å². The Morgan fingerprint density at radius 1 is 0.731 bits per heavy atom. The second-order valence-electron chi connectivity index (χ2n) is 6.38. The van der Waals surface area contributed by atoms with Crippen molar-refractivity contribution in [2.24, 2.45) is 0 Å². The van der Waals surface area contributed by atoms with E-state index in [-0.39, 0.29) is 19.8 Å². The Morgan fingerprint density at radius 3 is 1.88 bits per heavy atom. The Labute approximate surface area is 161 Å². The van der Waals surface area contributed by atoms with Gasteiger partial charge in [-0.3, -0.25) is 0 Å². The standard InChI is InChI=1S/C23H22O2Se/c1-18(26-22-10-6-3-7-11-22)23(24-16-17-25-23)21-14-12-20(13-15-21)19-8-4-2-5-9-19/h2-15,18H,16-17H2,1H3. The summed E-state index contributed by atoms with van der Waals surface area (Å²) in [5, 5.41) is 0. The van der Waals surface area contributed by atoms with Gasteiger partial charge in [0.2, 0.25) is 0 Å². The fraction of sp³-hybridized carbons (Fsp3) is 0.217. The van der Waals surface area contributed by atoms with Crippen molar-refractivity contribution >= 4 is 19.4 Å². The van der Waals surface area contributed by atoms with Crippen molar-refractivity contribution in [2.75, 3.05) is 13.2 Å². The number of ether oxygens (including phenoxy) is 2. The van der Waals surface area contributed by atoms with Gasteiger partial charge < -0.3 is 0 Å². The van der Waals surface area contributed by atoms with E-state index in [1.807, 2.05) is 6.07 Å². The van der Waals surface area contributed by atoms with E-state index in [0.717, 1.165) is 5.56 Å². The maximum atomic E-state index is 6.20. The fourth-order valence-electron chi connectivity index (χ4n) is 3.37.